The Balaban J connectivity index is 1.14. The molecule has 0 spiro atoms. The zero-order chi connectivity index (χ0) is 27.6. The van der Waals surface area contributed by atoms with Crippen LogP contribution in [0.2, 0.25) is 0 Å². The van der Waals surface area contributed by atoms with E-state index in [9.17, 15) is 14.9 Å². The van der Waals surface area contributed by atoms with Gasteiger partial charge in [-0.05, 0) is 73.8 Å². The van der Waals surface area contributed by atoms with Gasteiger partial charge in [0.15, 0.2) is 0 Å². The Morgan fingerprint density at radius 2 is 1.82 bits per heavy atom. The summed E-state index contributed by atoms with van der Waals surface area (Å²) in [6.07, 6.45) is 5.41. The maximum Gasteiger partial charge on any atom is 0.339 e. The molecule has 0 aliphatic carbocycles. The van der Waals surface area contributed by atoms with Gasteiger partial charge >= 0.3 is 5.63 Å². The molecule has 1 N–H and O–H groups in total. The second kappa shape index (κ2) is 11.1. The second-order valence-corrected chi connectivity index (χ2v) is 11.6. The van der Waals surface area contributed by atoms with Crippen molar-refractivity contribution in [3.8, 4) is 6.07 Å². The molecule has 0 unspecified atom stereocenters. The van der Waals surface area contributed by atoms with Gasteiger partial charge in [0.05, 0.1) is 11.6 Å². The summed E-state index contributed by atoms with van der Waals surface area (Å²) >= 11 is 0. The maximum absolute atomic E-state index is 12.5. The third-order valence-corrected chi connectivity index (χ3v) is 7.78. The summed E-state index contributed by atoms with van der Waals surface area (Å²) in [4.78, 5) is 33.1. The van der Waals surface area contributed by atoms with E-state index >= 15 is 0 Å². The van der Waals surface area contributed by atoms with Gasteiger partial charge in [-0.15, -0.1) is 0 Å². The zero-order valence-electron chi connectivity index (χ0n) is 23.0. The van der Waals surface area contributed by atoms with Crippen LogP contribution in [-0.4, -0.2) is 48.4 Å². The summed E-state index contributed by atoms with van der Waals surface area (Å²) in [6.45, 7) is 10.6. The molecule has 0 saturated carbocycles. The summed E-state index contributed by atoms with van der Waals surface area (Å²) in [5, 5.41) is 11.2. The highest BCUT2D eigenvalue weighted by molar-refractivity contribution is 5.87. The van der Waals surface area contributed by atoms with Gasteiger partial charge in [-0.3, -0.25) is 9.69 Å². The quantitative estimate of drug-likeness (QED) is 0.243. The van der Waals surface area contributed by atoms with Crippen LogP contribution in [0.5, 0.6) is 0 Å². The summed E-state index contributed by atoms with van der Waals surface area (Å²) in [5.41, 5.74) is 4.22. The number of carbonyl (C=O) groups excluding carboxylic acids is 1. The molecule has 4 aromatic rings. The zero-order valence-corrected chi connectivity index (χ0v) is 23.0. The van der Waals surface area contributed by atoms with Gasteiger partial charge in [-0.1, -0.05) is 20.8 Å². The van der Waals surface area contributed by atoms with E-state index in [1.54, 1.807) is 0 Å². The third kappa shape index (κ3) is 6.07. The van der Waals surface area contributed by atoms with E-state index < -0.39 is 11.0 Å². The highest BCUT2D eigenvalue weighted by atomic mass is 16.4. The molecule has 0 atom stereocenters. The molecule has 2 aromatic carbocycles. The van der Waals surface area contributed by atoms with Crippen LogP contribution >= 0.6 is 0 Å². The van der Waals surface area contributed by atoms with Crippen molar-refractivity contribution in [1.29, 1.82) is 5.26 Å². The Labute approximate surface area is 229 Å². The number of nitrogens with one attached hydrogen (secondary N) is 1. The van der Waals surface area contributed by atoms with Crippen LogP contribution in [0.25, 0.3) is 21.9 Å². The first-order chi connectivity index (χ1) is 18.7. The number of benzene rings is 2. The number of nitriles is 1. The molecule has 1 aliphatic heterocycles. The summed E-state index contributed by atoms with van der Waals surface area (Å²) < 4.78 is 5.53. The largest absolute Gasteiger partial charge is 0.423 e. The summed E-state index contributed by atoms with van der Waals surface area (Å²) in [6, 6.07) is 15.8. The molecule has 5 rings (SSSR count). The molecule has 1 saturated heterocycles. The number of nitrogens with zero attached hydrogens (tertiary/aromatic N) is 3. The van der Waals surface area contributed by atoms with Crippen LogP contribution in [0.1, 0.15) is 50.3 Å². The van der Waals surface area contributed by atoms with Crippen molar-refractivity contribution < 1.29 is 9.21 Å². The van der Waals surface area contributed by atoms with Gasteiger partial charge in [-0.25, -0.2) is 4.79 Å². The number of carbonyl (C=O) groups is 1. The number of hydrogen-bond acceptors (Lipinski definition) is 6. The number of unbranched alkanes of at least 4 members (excludes halogenated alkanes) is 1. The lowest BCUT2D eigenvalue weighted by molar-refractivity contribution is -0.125. The van der Waals surface area contributed by atoms with Gasteiger partial charge in [0.2, 0.25) is 0 Å². The lowest BCUT2D eigenvalue weighted by atomic mass is 9.87. The van der Waals surface area contributed by atoms with Crippen LogP contribution in [0.15, 0.2) is 57.9 Å². The molecular weight excluding hydrogens is 488 g/mol. The number of H-pyrrole nitrogens is 1. The predicted octanol–water partition coefficient (Wildman–Crippen LogP) is 5.45. The van der Waals surface area contributed by atoms with Gasteiger partial charge in [-0.2, -0.15) is 5.26 Å². The molecule has 3 heterocycles. The molecule has 1 aliphatic rings. The average molecular weight is 525 g/mol. The maximum atomic E-state index is 12.5. The third-order valence-electron chi connectivity index (χ3n) is 7.78. The molecule has 2 aromatic heterocycles. The van der Waals surface area contributed by atoms with E-state index in [1.165, 1.54) is 5.56 Å². The van der Waals surface area contributed by atoms with Crippen molar-refractivity contribution in [3.63, 3.8) is 0 Å². The fourth-order valence-corrected chi connectivity index (χ4v) is 5.25. The van der Waals surface area contributed by atoms with Gasteiger partial charge in [0.25, 0.3) is 0 Å². The standard InChI is InChI=1S/C32H36N4O3/c1-32(2,3)30(37)19-25-17-24-18-26(8-10-29(24)39-31(25)38)36-14-12-35(13-15-36)11-5-4-6-23-21-34-28-9-7-22(20-33)16-27(23)28/h7-10,16-18,21,34H,4-6,11-15,19H2,1-3H3. The number of fused-ring (bicyclic) bond motifs is 2. The minimum absolute atomic E-state index is 0.0241. The number of hydrogen-bond donors (Lipinski definition) is 1. The monoisotopic (exact) mass is 524 g/mol. The van der Waals surface area contributed by atoms with E-state index in [-0.39, 0.29) is 12.2 Å². The number of rotatable bonds is 8. The predicted molar refractivity (Wildman–Crippen MR) is 155 cm³/mol. The minimum atomic E-state index is -0.499. The summed E-state index contributed by atoms with van der Waals surface area (Å²) in [5.74, 6) is 0.0241. The first kappa shape index (κ1) is 26.7. The number of ketones is 1. The Hall–Kier alpha value is -3.89. The average Bonchev–Trinajstić information content (AvgIpc) is 3.33. The molecule has 0 amide bonds. The fourth-order valence-electron chi connectivity index (χ4n) is 5.25. The van der Waals surface area contributed by atoms with Gasteiger partial charge < -0.3 is 14.3 Å². The molecule has 202 valence electrons. The SMILES string of the molecule is CC(C)(C)C(=O)Cc1cc2cc(N3CCN(CCCCc4c[nH]c5ccc(C#N)cc45)CC3)ccc2oc1=O. The number of Topliss-reactive ketones (excluding diaryl/α,β-unsaturated/α-hetero) is 1. The van der Waals surface area contributed by atoms with Crippen molar-refractivity contribution in [2.45, 2.75) is 46.5 Å². The number of aryl methyl sites for hydroxylation is 1. The number of aromatic nitrogens is 1. The Morgan fingerprint density at radius 3 is 2.56 bits per heavy atom. The molecule has 39 heavy (non-hydrogen) atoms. The normalized spacial score (nSPS) is 14.7. The van der Waals surface area contributed by atoms with Crippen molar-refractivity contribution in [2.75, 3.05) is 37.6 Å². The number of piperazine rings is 1. The molecule has 0 radical (unpaired) electrons. The number of aromatic amines is 1. The van der Waals surface area contributed by atoms with Crippen LogP contribution in [0.4, 0.5) is 5.69 Å². The Morgan fingerprint density at radius 1 is 1.03 bits per heavy atom. The fraction of sp³-hybridized carbons (Fsp3) is 0.406. The van der Waals surface area contributed by atoms with E-state index in [0.717, 1.165) is 74.0 Å². The molecule has 7 heteroatoms. The highest BCUT2D eigenvalue weighted by Crippen LogP contribution is 2.25. The molecule has 7 nitrogen and oxygen atoms in total. The number of anilines is 1. The van der Waals surface area contributed by atoms with E-state index in [2.05, 4.69) is 33.1 Å². The Bertz CT molecular complexity index is 1590. The minimum Gasteiger partial charge on any atom is -0.423 e. The van der Waals surface area contributed by atoms with Crippen molar-refractivity contribution in [1.82, 2.24) is 9.88 Å². The van der Waals surface area contributed by atoms with Crippen molar-refractivity contribution in [2.24, 2.45) is 5.41 Å². The second-order valence-electron chi connectivity index (χ2n) is 11.6. The van der Waals surface area contributed by atoms with Gasteiger partial charge in [0, 0.05) is 71.8 Å². The van der Waals surface area contributed by atoms with Crippen molar-refractivity contribution >= 4 is 33.3 Å². The van der Waals surface area contributed by atoms with E-state index in [0.29, 0.717) is 16.7 Å². The smallest absolute Gasteiger partial charge is 0.339 e. The molecular formula is C32H36N4O3. The summed E-state index contributed by atoms with van der Waals surface area (Å²) in [7, 11) is 0. The van der Waals surface area contributed by atoms with Gasteiger partial charge in [0.1, 0.15) is 11.4 Å². The lowest BCUT2D eigenvalue weighted by Gasteiger charge is -2.36. The van der Waals surface area contributed by atoms with Crippen LogP contribution in [0, 0.1) is 16.7 Å². The van der Waals surface area contributed by atoms with Crippen LogP contribution in [-0.2, 0) is 17.6 Å². The van der Waals surface area contributed by atoms with Crippen LogP contribution < -0.4 is 10.5 Å². The Kier molecular flexibility index (Phi) is 7.58. The van der Waals surface area contributed by atoms with E-state index in [4.69, 9.17) is 4.42 Å². The lowest BCUT2D eigenvalue weighted by Crippen LogP contribution is -2.46. The van der Waals surface area contributed by atoms with Crippen molar-refractivity contribution in [3.05, 3.63) is 75.8 Å². The van der Waals surface area contributed by atoms with E-state index in [1.807, 2.05) is 57.2 Å². The highest BCUT2D eigenvalue weighted by Gasteiger charge is 2.23. The molecule has 1 fully saturated rings. The van der Waals surface area contributed by atoms with Crippen LogP contribution in [0.3, 0.4) is 0 Å². The topological polar surface area (TPSA) is 93.3 Å². The molecule has 0 bridgehead atoms. The first-order valence-electron chi connectivity index (χ1n) is 13.8. The first-order valence-corrected chi connectivity index (χ1v) is 13.8.